The first kappa shape index (κ1) is 17.9. The third-order valence-electron chi connectivity index (χ3n) is 2.85. The Morgan fingerprint density at radius 2 is 2.24 bits per heavy atom. The molecule has 0 saturated heterocycles. The van der Waals surface area contributed by atoms with E-state index in [9.17, 15) is 4.79 Å². The van der Waals surface area contributed by atoms with E-state index in [2.05, 4.69) is 33.2 Å². The Labute approximate surface area is 135 Å². The second kappa shape index (κ2) is 9.00. The topological polar surface area (TPSA) is 54.5 Å². The van der Waals surface area contributed by atoms with Crippen LogP contribution in [0.15, 0.2) is 16.7 Å². The van der Waals surface area contributed by atoms with Crippen molar-refractivity contribution in [1.29, 1.82) is 0 Å². The first-order valence-corrected chi connectivity index (χ1v) is 8.01. The average Bonchev–Trinajstić information content (AvgIpc) is 2.44. The van der Waals surface area contributed by atoms with E-state index in [0.717, 1.165) is 17.4 Å². The Morgan fingerprint density at radius 3 is 2.86 bits per heavy atom. The van der Waals surface area contributed by atoms with E-state index in [1.807, 2.05) is 13.8 Å². The maximum atomic E-state index is 12.5. The summed E-state index contributed by atoms with van der Waals surface area (Å²) in [6.45, 7) is 7.90. The molecule has 0 spiro atoms. The molecule has 0 fully saturated rings. The summed E-state index contributed by atoms with van der Waals surface area (Å²) in [7, 11) is 1.77. The highest BCUT2D eigenvalue weighted by Gasteiger charge is 2.17. The first-order chi connectivity index (χ1) is 9.95. The number of hydrogen-bond acceptors (Lipinski definition) is 4. The van der Waals surface area contributed by atoms with Crippen molar-refractivity contribution in [2.75, 3.05) is 32.1 Å². The number of nitrogens with zero attached hydrogens (tertiary/aromatic N) is 2. The molecule has 1 N–H and O–H groups in total. The van der Waals surface area contributed by atoms with E-state index in [4.69, 9.17) is 4.74 Å². The lowest BCUT2D eigenvalue weighted by Crippen LogP contribution is -2.31. The molecule has 0 saturated carbocycles. The monoisotopic (exact) mass is 357 g/mol. The molecule has 0 bridgehead atoms. The molecule has 0 aliphatic rings. The number of halogens is 1. The fourth-order valence-electron chi connectivity index (χ4n) is 1.72. The van der Waals surface area contributed by atoms with Crippen LogP contribution in [-0.2, 0) is 4.74 Å². The Hall–Kier alpha value is -1.14. The van der Waals surface area contributed by atoms with Crippen molar-refractivity contribution in [2.24, 2.45) is 0 Å². The molecule has 0 aliphatic heterocycles. The molecule has 21 heavy (non-hydrogen) atoms. The molecule has 5 nitrogen and oxygen atoms in total. The minimum Gasteiger partial charge on any atom is -0.377 e. The second-order valence-corrected chi connectivity index (χ2v) is 6.04. The van der Waals surface area contributed by atoms with Crippen molar-refractivity contribution in [3.63, 3.8) is 0 Å². The van der Waals surface area contributed by atoms with Gasteiger partial charge in [0, 0.05) is 30.8 Å². The van der Waals surface area contributed by atoms with Gasteiger partial charge < -0.3 is 15.0 Å². The number of likely N-dealkylation sites (N-methyl/N-ethyl adjacent to an activating group) is 1. The van der Waals surface area contributed by atoms with Crippen LogP contribution in [0.1, 0.15) is 37.6 Å². The fraction of sp³-hybridized carbons (Fsp3) is 0.600. The van der Waals surface area contributed by atoms with Gasteiger partial charge in [0.2, 0.25) is 0 Å². The number of ether oxygens (including phenoxy) is 1. The average molecular weight is 358 g/mol. The zero-order valence-electron chi connectivity index (χ0n) is 13.1. The van der Waals surface area contributed by atoms with Gasteiger partial charge in [0.25, 0.3) is 5.91 Å². The maximum Gasteiger partial charge on any atom is 0.257 e. The van der Waals surface area contributed by atoms with Gasteiger partial charge in [-0.2, -0.15) is 0 Å². The zero-order chi connectivity index (χ0) is 15.8. The lowest BCUT2D eigenvalue weighted by molar-refractivity contribution is 0.0532. The summed E-state index contributed by atoms with van der Waals surface area (Å²) in [6.07, 6.45) is 2.84. The Morgan fingerprint density at radius 1 is 1.52 bits per heavy atom. The predicted molar refractivity (Wildman–Crippen MR) is 88.8 cm³/mol. The lowest BCUT2D eigenvalue weighted by Gasteiger charge is -2.20. The number of rotatable bonds is 8. The number of carbonyl (C=O) groups excluding carboxylic acids is 1. The van der Waals surface area contributed by atoms with Gasteiger partial charge in [0.05, 0.1) is 18.3 Å². The summed E-state index contributed by atoms with van der Waals surface area (Å²) in [5.41, 5.74) is 0.574. The highest BCUT2D eigenvalue weighted by atomic mass is 79.9. The molecule has 0 aromatic carbocycles. The van der Waals surface area contributed by atoms with E-state index in [1.165, 1.54) is 0 Å². The summed E-state index contributed by atoms with van der Waals surface area (Å²) in [4.78, 5) is 18.5. The van der Waals surface area contributed by atoms with Crippen molar-refractivity contribution in [2.45, 2.75) is 33.3 Å². The highest BCUT2D eigenvalue weighted by Crippen LogP contribution is 2.19. The van der Waals surface area contributed by atoms with Gasteiger partial charge in [0.15, 0.2) is 0 Å². The molecule has 118 valence electrons. The summed E-state index contributed by atoms with van der Waals surface area (Å²) in [5.74, 6) is 0.566. The van der Waals surface area contributed by atoms with E-state index in [-0.39, 0.29) is 12.0 Å². The molecule has 0 unspecified atom stereocenters. The van der Waals surface area contributed by atoms with Crippen molar-refractivity contribution in [3.05, 3.63) is 22.3 Å². The van der Waals surface area contributed by atoms with Crippen LogP contribution in [0, 0.1) is 0 Å². The van der Waals surface area contributed by atoms with Crippen molar-refractivity contribution < 1.29 is 9.53 Å². The summed E-state index contributed by atoms with van der Waals surface area (Å²) < 4.78 is 6.27. The minimum absolute atomic E-state index is 0.0604. The number of pyridine rings is 1. The molecule has 6 heteroatoms. The van der Waals surface area contributed by atoms with Crippen LogP contribution >= 0.6 is 15.9 Å². The third kappa shape index (κ3) is 6.01. The molecule has 0 aliphatic carbocycles. The molecule has 0 radical (unpaired) electrons. The lowest BCUT2D eigenvalue weighted by atomic mass is 10.2. The number of hydrogen-bond donors (Lipinski definition) is 1. The van der Waals surface area contributed by atoms with Gasteiger partial charge in [-0.05, 0) is 42.3 Å². The molecule has 0 atom stereocenters. The molecule has 1 rings (SSSR count). The third-order valence-corrected chi connectivity index (χ3v) is 3.29. The van der Waals surface area contributed by atoms with Gasteiger partial charge in [-0.25, -0.2) is 4.98 Å². The van der Waals surface area contributed by atoms with Crippen molar-refractivity contribution in [1.82, 2.24) is 9.88 Å². The SMILES string of the molecule is CCCNc1ncc(Br)cc1C(=O)N(C)CCOC(C)C. The van der Waals surface area contributed by atoms with Crippen molar-refractivity contribution >= 4 is 27.7 Å². The van der Waals surface area contributed by atoms with Crippen LogP contribution in [-0.4, -0.2) is 48.6 Å². The minimum atomic E-state index is -0.0604. The molecule has 1 aromatic heterocycles. The van der Waals surface area contributed by atoms with Crippen LogP contribution in [0.4, 0.5) is 5.82 Å². The molecular formula is C15H24BrN3O2. The second-order valence-electron chi connectivity index (χ2n) is 5.12. The van der Waals surface area contributed by atoms with Gasteiger partial charge in [-0.15, -0.1) is 0 Å². The quantitative estimate of drug-likeness (QED) is 0.776. The zero-order valence-corrected chi connectivity index (χ0v) is 14.7. The summed E-state index contributed by atoms with van der Waals surface area (Å²) >= 11 is 3.37. The Balaban J connectivity index is 2.77. The van der Waals surface area contributed by atoms with Gasteiger partial charge >= 0.3 is 0 Å². The number of anilines is 1. The largest absolute Gasteiger partial charge is 0.377 e. The van der Waals surface area contributed by atoms with Gasteiger partial charge in [0.1, 0.15) is 5.82 Å². The van der Waals surface area contributed by atoms with Crippen LogP contribution < -0.4 is 5.32 Å². The Kier molecular flexibility index (Phi) is 7.67. The fourth-order valence-corrected chi connectivity index (χ4v) is 2.05. The summed E-state index contributed by atoms with van der Waals surface area (Å²) in [6, 6.07) is 1.80. The molecular weight excluding hydrogens is 334 g/mol. The number of carbonyl (C=O) groups is 1. The van der Waals surface area contributed by atoms with E-state index in [0.29, 0.717) is 24.5 Å². The number of aromatic nitrogens is 1. The maximum absolute atomic E-state index is 12.5. The van der Waals surface area contributed by atoms with Gasteiger partial charge in [-0.1, -0.05) is 6.92 Å². The van der Waals surface area contributed by atoms with Crippen LogP contribution in [0.25, 0.3) is 0 Å². The number of nitrogens with one attached hydrogen (secondary N) is 1. The molecule has 1 aromatic rings. The van der Waals surface area contributed by atoms with E-state index >= 15 is 0 Å². The van der Waals surface area contributed by atoms with E-state index in [1.54, 1.807) is 24.2 Å². The molecule has 1 heterocycles. The molecule has 1 amide bonds. The van der Waals surface area contributed by atoms with Crippen LogP contribution in [0.5, 0.6) is 0 Å². The smallest absolute Gasteiger partial charge is 0.257 e. The Bertz CT molecular complexity index is 466. The normalized spacial score (nSPS) is 10.8. The first-order valence-electron chi connectivity index (χ1n) is 7.22. The number of amides is 1. The van der Waals surface area contributed by atoms with Gasteiger partial charge in [-0.3, -0.25) is 4.79 Å². The van der Waals surface area contributed by atoms with Crippen LogP contribution in [0.3, 0.4) is 0 Å². The summed E-state index contributed by atoms with van der Waals surface area (Å²) in [5, 5.41) is 3.19. The standard InChI is InChI=1S/C15H24BrN3O2/c1-5-6-17-14-13(9-12(16)10-18-14)15(20)19(4)7-8-21-11(2)3/h9-11H,5-8H2,1-4H3,(H,17,18). The highest BCUT2D eigenvalue weighted by molar-refractivity contribution is 9.10. The van der Waals surface area contributed by atoms with Crippen molar-refractivity contribution in [3.8, 4) is 0 Å². The predicted octanol–water partition coefficient (Wildman–Crippen LogP) is 3.16. The van der Waals surface area contributed by atoms with Crippen LogP contribution in [0.2, 0.25) is 0 Å². The van der Waals surface area contributed by atoms with E-state index < -0.39 is 0 Å².